The van der Waals surface area contributed by atoms with Crippen LogP contribution in [0.5, 0.6) is 5.75 Å². The van der Waals surface area contributed by atoms with Gasteiger partial charge in [-0.2, -0.15) is 0 Å². The van der Waals surface area contributed by atoms with Crippen molar-refractivity contribution in [3.63, 3.8) is 0 Å². The lowest BCUT2D eigenvalue weighted by atomic mass is 9.84. The molecule has 6 bridgehead atoms. The number of nitrogens with zero attached hydrogens (tertiary/aromatic N) is 5. The number of likely N-dealkylation sites (N-methyl/N-ethyl adjacent to an activating group) is 2. The standard InChI is InChI=1S/C52H68N8O8/c1-12-59-41-18-17-33-25-37(41)38(47(59)36-15-13-19-53-44(36)31(6)67-11)26-52(7,8)28-68-51(66)39-16-14-20-60(56-39)49(64)40(23-32-21-34(33)24-35(61)22-32)54-48(63)46(30(4)5)58(10)42(62)27-57(9)50(65)45-43(55-45)29(2)3/h13,15,17-19,21-22,24-25,29,31,39-40,43,45-46,55-56,61H,4,12,14,16,20,23,26-28H2,1-3,5-11H3,(H,54,63)/t31-,39-,40-,43-,45-,46-/m0/s1. The number of aryl methyl sites for hydroxylation is 1. The van der Waals surface area contributed by atoms with Gasteiger partial charge in [0.2, 0.25) is 17.7 Å². The van der Waals surface area contributed by atoms with Crippen LogP contribution in [-0.4, -0.2) is 130 Å². The summed E-state index contributed by atoms with van der Waals surface area (Å²) in [6, 6.07) is 11.7. The molecule has 68 heavy (non-hydrogen) atoms. The molecule has 3 aliphatic heterocycles. The summed E-state index contributed by atoms with van der Waals surface area (Å²) in [5.74, 6) is -2.16. The van der Waals surface area contributed by atoms with E-state index in [0.717, 1.165) is 39.0 Å². The smallest absolute Gasteiger partial charge is 0.324 e. The van der Waals surface area contributed by atoms with Crippen LogP contribution in [-0.2, 0) is 52.8 Å². The summed E-state index contributed by atoms with van der Waals surface area (Å²) in [6.45, 7) is 18.6. The highest BCUT2D eigenvalue weighted by molar-refractivity contribution is 5.97. The van der Waals surface area contributed by atoms with Gasteiger partial charge in [0.25, 0.3) is 5.91 Å². The van der Waals surface area contributed by atoms with Crippen molar-refractivity contribution >= 4 is 40.5 Å². The second kappa shape index (κ2) is 20.2. The van der Waals surface area contributed by atoms with Crippen LogP contribution in [0.2, 0.25) is 0 Å². The number of esters is 1. The zero-order valence-corrected chi connectivity index (χ0v) is 41.1. The van der Waals surface area contributed by atoms with E-state index in [-0.39, 0.29) is 61.9 Å². The van der Waals surface area contributed by atoms with Gasteiger partial charge in [0.1, 0.15) is 29.9 Å². The third-order valence-corrected chi connectivity index (χ3v) is 13.5. The van der Waals surface area contributed by atoms with E-state index in [1.165, 1.54) is 21.9 Å². The highest BCUT2D eigenvalue weighted by Crippen LogP contribution is 2.42. The summed E-state index contributed by atoms with van der Waals surface area (Å²) < 4.78 is 14.2. The van der Waals surface area contributed by atoms with E-state index < -0.39 is 47.2 Å². The third-order valence-electron chi connectivity index (χ3n) is 13.5. The molecule has 0 aliphatic carbocycles. The van der Waals surface area contributed by atoms with Crippen LogP contribution in [0.1, 0.15) is 84.2 Å². The molecule has 2 fully saturated rings. The Hall–Kier alpha value is -6.10. The molecule has 4 aromatic rings. The second-order valence-corrected chi connectivity index (χ2v) is 19.9. The number of hydrazine groups is 1. The van der Waals surface area contributed by atoms with Gasteiger partial charge in [-0.05, 0) is 110 Å². The normalized spacial score (nSPS) is 21.4. The van der Waals surface area contributed by atoms with Crippen LogP contribution in [0.15, 0.2) is 66.9 Å². The second-order valence-electron chi connectivity index (χ2n) is 19.9. The molecule has 0 unspecified atom stereocenters. The average Bonchev–Trinajstić information content (AvgIpc) is 4.06. The van der Waals surface area contributed by atoms with E-state index in [9.17, 15) is 29.1 Å². The number of hydrogen-bond acceptors (Lipinski definition) is 11. The van der Waals surface area contributed by atoms with Crippen molar-refractivity contribution in [2.24, 2.45) is 11.3 Å². The maximum atomic E-state index is 14.7. The number of aromatic nitrogens is 2. The van der Waals surface area contributed by atoms with Gasteiger partial charge in [0.15, 0.2) is 0 Å². The van der Waals surface area contributed by atoms with Crippen molar-refractivity contribution in [3.8, 4) is 28.1 Å². The van der Waals surface area contributed by atoms with Crippen LogP contribution >= 0.6 is 0 Å². The van der Waals surface area contributed by atoms with Gasteiger partial charge in [-0.1, -0.05) is 46.4 Å². The van der Waals surface area contributed by atoms with Crippen molar-refractivity contribution < 1.29 is 38.6 Å². The number of carbonyl (C=O) groups is 5. The monoisotopic (exact) mass is 933 g/mol. The minimum atomic E-state index is -1.22. The predicted molar refractivity (Wildman–Crippen MR) is 260 cm³/mol. The third kappa shape index (κ3) is 10.5. The molecule has 16 nitrogen and oxygen atoms in total. The molecular weight excluding hydrogens is 865 g/mol. The van der Waals surface area contributed by atoms with E-state index in [1.54, 1.807) is 39.4 Å². The Morgan fingerprint density at radius 3 is 2.51 bits per heavy atom. The SMILES string of the molecule is C=C(C)[C@@H](C(=O)N[C@H]1Cc2cc(O)cc(c2)-c2ccc3c(c2)c(c(-c2cccnc2[C@H](C)OC)n3CC)CC(C)(C)COC(=O)[C@@H]2CCCN(N2)C1=O)N(C)C(=O)CN(C)C(=O)[C@H]1N[C@H]1C(C)C. The van der Waals surface area contributed by atoms with Gasteiger partial charge in [-0.25, -0.2) is 5.43 Å². The van der Waals surface area contributed by atoms with Crippen molar-refractivity contribution in [2.45, 2.75) is 117 Å². The first kappa shape index (κ1) is 49.8. The lowest BCUT2D eigenvalue weighted by molar-refractivity contribution is -0.155. The molecular formula is C52H68N8O8. The van der Waals surface area contributed by atoms with Crippen LogP contribution in [0.3, 0.4) is 0 Å². The molecule has 5 heterocycles. The fourth-order valence-corrected chi connectivity index (χ4v) is 9.78. The molecule has 7 rings (SSSR count). The highest BCUT2D eigenvalue weighted by atomic mass is 16.5. The number of cyclic esters (lactones) is 1. The largest absolute Gasteiger partial charge is 0.508 e. The number of phenolic OH excluding ortho intramolecular Hbond substituents is 1. The number of nitrogens with one attached hydrogen (secondary N) is 3. The average molecular weight is 933 g/mol. The molecule has 0 saturated carbocycles. The molecule has 4 amide bonds. The zero-order chi connectivity index (χ0) is 49.4. The van der Waals surface area contributed by atoms with E-state index >= 15 is 0 Å². The van der Waals surface area contributed by atoms with Gasteiger partial charge >= 0.3 is 5.97 Å². The Labute approximate surface area is 399 Å². The number of carbonyl (C=O) groups excluding carboxylic acids is 5. The Bertz CT molecular complexity index is 2600. The molecule has 364 valence electrons. The number of fused-ring (bicyclic) bond motifs is 6. The summed E-state index contributed by atoms with van der Waals surface area (Å²) in [5, 5.41) is 19.8. The molecule has 2 aromatic heterocycles. The number of aromatic hydroxyl groups is 1. The summed E-state index contributed by atoms with van der Waals surface area (Å²) >= 11 is 0. The number of benzene rings is 2. The number of pyridine rings is 1. The number of phenols is 1. The van der Waals surface area contributed by atoms with Crippen molar-refractivity contribution in [1.82, 2.24) is 40.4 Å². The van der Waals surface area contributed by atoms with E-state index in [4.69, 9.17) is 14.5 Å². The summed E-state index contributed by atoms with van der Waals surface area (Å²) in [6.07, 6.45) is 2.86. The first-order valence-corrected chi connectivity index (χ1v) is 23.7. The van der Waals surface area contributed by atoms with E-state index in [0.29, 0.717) is 42.5 Å². The first-order chi connectivity index (χ1) is 32.2. The summed E-state index contributed by atoms with van der Waals surface area (Å²) in [5.41, 5.74) is 9.73. The number of methoxy groups -OCH3 is 1. The van der Waals surface area contributed by atoms with Crippen molar-refractivity contribution in [2.75, 3.05) is 40.9 Å². The van der Waals surface area contributed by atoms with Gasteiger partial charge < -0.3 is 34.3 Å². The van der Waals surface area contributed by atoms with Gasteiger partial charge in [-0.3, -0.25) is 39.3 Å². The molecule has 6 atom stereocenters. The summed E-state index contributed by atoms with van der Waals surface area (Å²) in [7, 11) is 4.69. The predicted octanol–water partition coefficient (Wildman–Crippen LogP) is 5.31. The Kier molecular flexibility index (Phi) is 14.8. The minimum absolute atomic E-state index is 0.0323. The number of hydrogen-bond donors (Lipinski definition) is 4. The van der Waals surface area contributed by atoms with Gasteiger partial charge in [-0.15, -0.1) is 0 Å². The molecule has 2 aromatic carbocycles. The molecule has 16 heteroatoms. The van der Waals surface area contributed by atoms with E-state index in [2.05, 4.69) is 66.2 Å². The molecule has 0 spiro atoms. The van der Waals surface area contributed by atoms with Crippen LogP contribution in [0.25, 0.3) is 33.3 Å². The van der Waals surface area contributed by atoms with Crippen LogP contribution < -0.4 is 16.1 Å². The fraction of sp³-hybridized carbons (Fsp3) is 0.500. The van der Waals surface area contributed by atoms with Crippen molar-refractivity contribution in [1.29, 1.82) is 0 Å². The lowest BCUT2D eigenvalue weighted by Crippen LogP contribution is -2.62. The first-order valence-electron chi connectivity index (χ1n) is 23.7. The van der Waals surface area contributed by atoms with Gasteiger partial charge in [0, 0.05) is 74.8 Å². The van der Waals surface area contributed by atoms with Gasteiger partial charge in [0.05, 0.1) is 30.6 Å². The van der Waals surface area contributed by atoms with E-state index in [1.807, 2.05) is 39.0 Å². The number of rotatable bonds is 12. The quantitative estimate of drug-likeness (QED) is 0.0817. The topological polar surface area (TPSA) is 198 Å². The Morgan fingerprint density at radius 1 is 1.09 bits per heavy atom. The Balaban J connectivity index is 1.28. The maximum Gasteiger partial charge on any atom is 0.324 e. The maximum absolute atomic E-state index is 14.7. The number of ether oxygens (including phenoxy) is 2. The molecule has 4 N–H and O–H groups in total. The van der Waals surface area contributed by atoms with Crippen LogP contribution in [0.4, 0.5) is 0 Å². The molecule has 2 saturated heterocycles. The Morgan fingerprint density at radius 2 is 1.84 bits per heavy atom. The van der Waals surface area contributed by atoms with Crippen LogP contribution in [0, 0.1) is 11.3 Å². The minimum Gasteiger partial charge on any atom is -0.508 e. The van der Waals surface area contributed by atoms with Crippen molar-refractivity contribution in [3.05, 3.63) is 83.7 Å². The molecule has 0 radical (unpaired) electrons. The summed E-state index contributed by atoms with van der Waals surface area (Å²) in [4.78, 5) is 77.3. The zero-order valence-electron chi connectivity index (χ0n) is 41.1. The lowest BCUT2D eigenvalue weighted by Gasteiger charge is -2.36. The highest BCUT2D eigenvalue weighted by Gasteiger charge is 2.46. The molecule has 3 aliphatic rings. The fourth-order valence-electron chi connectivity index (χ4n) is 9.78. The number of amides is 4.